The third-order valence-corrected chi connectivity index (χ3v) is 7.22. The van der Waals surface area contributed by atoms with Crippen molar-refractivity contribution in [3.05, 3.63) is 87.9 Å². The summed E-state index contributed by atoms with van der Waals surface area (Å²) < 4.78 is 7.72. The second kappa shape index (κ2) is 10.8. The maximum absolute atomic E-state index is 12.0. The molecule has 0 bridgehead atoms. The fourth-order valence-corrected chi connectivity index (χ4v) is 5.09. The number of benzene rings is 3. The molecule has 0 radical (unpaired) electrons. The first-order chi connectivity index (χ1) is 15.6. The van der Waals surface area contributed by atoms with E-state index in [2.05, 4.69) is 15.5 Å². The molecule has 1 N–H and O–H groups in total. The van der Waals surface area contributed by atoms with Gasteiger partial charge < -0.3 is 4.74 Å². The number of carbonyl (C=O) groups is 1. The van der Waals surface area contributed by atoms with Gasteiger partial charge in [-0.1, -0.05) is 53.2 Å². The molecule has 4 aromatic rings. The number of nitrogens with one attached hydrogen (secondary N) is 1. The van der Waals surface area contributed by atoms with Crippen molar-refractivity contribution in [3.63, 3.8) is 0 Å². The Morgan fingerprint density at radius 3 is 2.56 bits per heavy atom. The molecule has 0 spiro atoms. The molecule has 9 heteroatoms. The Morgan fingerprint density at radius 1 is 1.06 bits per heavy atom. The van der Waals surface area contributed by atoms with Gasteiger partial charge in [0.25, 0.3) is 5.91 Å². The Balaban J connectivity index is 1.24. The number of para-hydroxylation sites is 1. The zero-order valence-corrected chi connectivity index (χ0v) is 19.8. The maximum Gasteiger partial charge on any atom is 0.250 e. The van der Waals surface area contributed by atoms with E-state index in [0.717, 1.165) is 25.7 Å². The van der Waals surface area contributed by atoms with Gasteiger partial charge in [-0.3, -0.25) is 4.79 Å². The van der Waals surface area contributed by atoms with E-state index >= 15 is 0 Å². The predicted octanol–water partition coefficient (Wildman–Crippen LogP) is 6.42. The average Bonchev–Trinajstić information content (AvgIpc) is 3.21. The summed E-state index contributed by atoms with van der Waals surface area (Å²) in [4.78, 5) is 16.5. The maximum atomic E-state index is 12.0. The lowest BCUT2D eigenvalue weighted by Crippen LogP contribution is -2.19. The number of hydrogen-bond acceptors (Lipinski definition) is 6. The van der Waals surface area contributed by atoms with E-state index in [1.807, 2.05) is 48.5 Å². The minimum Gasteiger partial charge on any atom is -0.489 e. The van der Waals surface area contributed by atoms with Crippen LogP contribution in [0, 0.1) is 0 Å². The highest BCUT2D eigenvalue weighted by Crippen LogP contribution is 2.29. The molecule has 4 rings (SSSR count). The molecule has 0 saturated heterocycles. The van der Waals surface area contributed by atoms with Crippen LogP contribution in [-0.2, 0) is 11.4 Å². The Labute approximate surface area is 203 Å². The van der Waals surface area contributed by atoms with E-state index < -0.39 is 0 Å². The van der Waals surface area contributed by atoms with Crippen LogP contribution in [0.25, 0.3) is 10.2 Å². The van der Waals surface area contributed by atoms with Gasteiger partial charge in [0.05, 0.1) is 22.2 Å². The van der Waals surface area contributed by atoms with Crippen molar-refractivity contribution in [3.8, 4) is 5.75 Å². The van der Waals surface area contributed by atoms with Crippen molar-refractivity contribution < 1.29 is 9.53 Å². The third-order valence-electron chi connectivity index (χ3n) is 4.33. The number of rotatable bonds is 8. The summed E-state index contributed by atoms with van der Waals surface area (Å²) in [5, 5.41) is 5.15. The van der Waals surface area contributed by atoms with Crippen molar-refractivity contribution in [2.24, 2.45) is 5.10 Å². The molecule has 0 atom stereocenters. The van der Waals surface area contributed by atoms with Crippen LogP contribution in [0.4, 0.5) is 0 Å². The van der Waals surface area contributed by atoms with Crippen molar-refractivity contribution in [1.82, 2.24) is 10.4 Å². The summed E-state index contributed by atoms with van der Waals surface area (Å²) in [6.07, 6.45) is 1.58. The van der Waals surface area contributed by atoms with Crippen LogP contribution in [0.5, 0.6) is 5.75 Å². The lowest BCUT2D eigenvalue weighted by atomic mass is 10.2. The van der Waals surface area contributed by atoms with Crippen molar-refractivity contribution in [1.29, 1.82) is 0 Å². The number of amides is 1. The van der Waals surface area contributed by atoms with Gasteiger partial charge in [0.1, 0.15) is 12.4 Å². The molecule has 0 aliphatic heterocycles. The van der Waals surface area contributed by atoms with Gasteiger partial charge in [0, 0.05) is 15.6 Å². The minimum absolute atomic E-state index is 0.193. The molecule has 162 valence electrons. The highest BCUT2D eigenvalue weighted by molar-refractivity contribution is 8.01. The van der Waals surface area contributed by atoms with Gasteiger partial charge >= 0.3 is 0 Å². The lowest BCUT2D eigenvalue weighted by Gasteiger charge is -2.09. The Kier molecular flexibility index (Phi) is 7.65. The molecule has 32 heavy (non-hydrogen) atoms. The zero-order chi connectivity index (χ0) is 22.3. The van der Waals surface area contributed by atoms with Crippen LogP contribution in [0.2, 0.25) is 10.0 Å². The first-order valence-corrected chi connectivity index (χ1v) is 12.1. The molecule has 0 saturated carbocycles. The van der Waals surface area contributed by atoms with E-state index in [1.165, 1.54) is 11.8 Å². The summed E-state index contributed by atoms with van der Waals surface area (Å²) in [5.74, 6) is 0.727. The summed E-state index contributed by atoms with van der Waals surface area (Å²) in [7, 11) is 0. The molecule has 3 aromatic carbocycles. The summed E-state index contributed by atoms with van der Waals surface area (Å²) >= 11 is 15.3. The highest BCUT2D eigenvalue weighted by atomic mass is 35.5. The molecule has 1 amide bonds. The Morgan fingerprint density at radius 2 is 1.81 bits per heavy atom. The number of thiazole rings is 1. The molecule has 5 nitrogen and oxygen atoms in total. The molecule has 0 unspecified atom stereocenters. The molecule has 1 heterocycles. The molecular weight excluding hydrogens is 485 g/mol. The van der Waals surface area contributed by atoms with Gasteiger partial charge in [-0.2, -0.15) is 5.10 Å². The van der Waals surface area contributed by atoms with E-state index in [-0.39, 0.29) is 18.3 Å². The van der Waals surface area contributed by atoms with Crippen molar-refractivity contribution >= 4 is 68.6 Å². The van der Waals surface area contributed by atoms with E-state index in [9.17, 15) is 4.79 Å². The predicted molar refractivity (Wildman–Crippen MR) is 133 cm³/mol. The van der Waals surface area contributed by atoms with Gasteiger partial charge in [0.15, 0.2) is 4.34 Å². The van der Waals surface area contributed by atoms with Gasteiger partial charge in [-0.25, -0.2) is 10.4 Å². The standard InChI is InChI=1S/C23H17Cl2N3O2S2/c24-18-4-3-5-19(25)17(18)13-30-16-10-8-15(9-11-16)12-26-28-22(29)14-31-23-27-20-6-1-2-7-21(20)32-23/h1-12H,13-14H2,(H,28,29)/b26-12-. The molecule has 0 aliphatic rings. The van der Waals surface area contributed by atoms with E-state index in [4.69, 9.17) is 27.9 Å². The lowest BCUT2D eigenvalue weighted by molar-refractivity contribution is -0.118. The van der Waals surface area contributed by atoms with Gasteiger partial charge in [-0.15, -0.1) is 11.3 Å². The number of thioether (sulfide) groups is 1. The van der Waals surface area contributed by atoms with Crippen LogP contribution in [0.3, 0.4) is 0 Å². The fraction of sp³-hybridized carbons (Fsp3) is 0.0870. The number of hydrogen-bond donors (Lipinski definition) is 1. The number of aromatic nitrogens is 1. The van der Waals surface area contributed by atoms with Crippen LogP contribution >= 0.6 is 46.3 Å². The number of fused-ring (bicyclic) bond motifs is 1. The average molecular weight is 502 g/mol. The molecular formula is C23H17Cl2N3O2S2. The largest absolute Gasteiger partial charge is 0.489 e. The number of nitrogens with zero attached hydrogens (tertiary/aromatic N) is 2. The normalized spacial score (nSPS) is 11.2. The SMILES string of the molecule is O=C(CSc1nc2ccccc2s1)N/N=C\c1ccc(OCc2c(Cl)cccc2Cl)cc1. The van der Waals surface area contributed by atoms with Crippen molar-refractivity contribution in [2.45, 2.75) is 10.9 Å². The quantitative estimate of drug-likeness (QED) is 0.172. The molecule has 0 fully saturated rings. The number of hydrazone groups is 1. The Hall–Kier alpha value is -2.58. The smallest absolute Gasteiger partial charge is 0.250 e. The van der Waals surface area contributed by atoms with Crippen molar-refractivity contribution in [2.75, 3.05) is 5.75 Å². The highest BCUT2D eigenvalue weighted by Gasteiger charge is 2.08. The first-order valence-electron chi connectivity index (χ1n) is 9.54. The van der Waals surface area contributed by atoms with Crippen LogP contribution < -0.4 is 10.2 Å². The summed E-state index contributed by atoms with van der Waals surface area (Å²) in [6, 6.07) is 20.6. The first kappa shape index (κ1) is 22.6. The topological polar surface area (TPSA) is 63.6 Å². The minimum atomic E-state index is -0.193. The second-order valence-electron chi connectivity index (χ2n) is 6.59. The van der Waals surface area contributed by atoms with Gasteiger partial charge in [0.2, 0.25) is 0 Å². The monoisotopic (exact) mass is 501 g/mol. The third kappa shape index (κ3) is 6.01. The van der Waals surface area contributed by atoms with E-state index in [0.29, 0.717) is 15.8 Å². The van der Waals surface area contributed by atoms with Crippen LogP contribution in [-0.4, -0.2) is 22.9 Å². The zero-order valence-electron chi connectivity index (χ0n) is 16.6. The molecule has 0 aliphatic carbocycles. The van der Waals surface area contributed by atoms with Crippen LogP contribution in [0.1, 0.15) is 11.1 Å². The molecule has 1 aromatic heterocycles. The van der Waals surface area contributed by atoms with Crippen LogP contribution in [0.15, 0.2) is 76.2 Å². The number of halogens is 2. The number of carbonyl (C=O) groups excluding carboxylic acids is 1. The summed E-state index contributed by atoms with van der Waals surface area (Å²) in [6.45, 7) is 0.272. The Bertz CT molecular complexity index is 1210. The second-order valence-corrected chi connectivity index (χ2v) is 9.65. The number of ether oxygens (including phenoxy) is 1. The van der Waals surface area contributed by atoms with E-state index in [1.54, 1.807) is 35.8 Å². The van der Waals surface area contributed by atoms with Gasteiger partial charge in [-0.05, 0) is 54.1 Å². The summed E-state index contributed by atoms with van der Waals surface area (Å²) in [5.41, 5.74) is 5.05. The fourth-order valence-electron chi connectivity index (χ4n) is 2.73.